The zero-order valence-electron chi connectivity index (χ0n) is 8.32. The van der Waals surface area contributed by atoms with Crippen LogP contribution in [0.4, 0.5) is 0 Å². The van der Waals surface area contributed by atoms with E-state index in [2.05, 4.69) is 9.55 Å². The van der Waals surface area contributed by atoms with E-state index < -0.39 is 0 Å². The van der Waals surface area contributed by atoms with Gasteiger partial charge in [0.15, 0.2) is 0 Å². The highest BCUT2D eigenvalue weighted by molar-refractivity contribution is 5.14. The number of hydrogen-bond acceptors (Lipinski definition) is 2. The summed E-state index contributed by atoms with van der Waals surface area (Å²) in [4.78, 5) is 4.47. The predicted octanol–water partition coefficient (Wildman–Crippen LogP) is 1.98. The highest BCUT2D eigenvalue weighted by Crippen LogP contribution is 2.38. The first-order chi connectivity index (χ1) is 6.86. The van der Waals surface area contributed by atoms with Crippen LogP contribution in [0.5, 0.6) is 0 Å². The standard InChI is InChI=1S/C11H16N2O/c14-10-6-2-5-9-7-12-11(13(9)10)8-3-1-4-8/h7-8,10,14H,1-6H2. The minimum atomic E-state index is -0.308. The lowest BCUT2D eigenvalue weighted by atomic mass is 9.84. The molecule has 3 heteroatoms. The van der Waals surface area contributed by atoms with E-state index in [1.54, 1.807) is 0 Å². The number of hydrogen-bond donors (Lipinski definition) is 1. The zero-order chi connectivity index (χ0) is 9.54. The van der Waals surface area contributed by atoms with Crippen LogP contribution in [-0.4, -0.2) is 14.7 Å². The van der Waals surface area contributed by atoms with E-state index in [0.717, 1.165) is 25.1 Å². The predicted molar refractivity (Wildman–Crippen MR) is 53.0 cm³/mol. The first-order valence-corrected chi connectivity index (χ1v) is 5.60. The molecule has 1 aromatic heterocycles. The molecule has 1 aliphatic carbocycles. The van der Waals surface area contributed by atoms with E-state index in [1.807, 2.05) is 6.20 Å². The molecule has 1 aromatic rings. The third-order valence-corrected chi connectivity index (χ3v) is 3.57. The fraction of sp³-hybridized carbons (Fsp3) is 0.727. The van der Waals surface area contributed by atoms with Crippen LogP contribution >= 0.6 is 0 Å². The Morgan fingerprint density at radius 3 is 2.86 bits per heavy atom. The summed E-state index contributed by atoms with van der Waals surface area (Å²) in [6.45, 7) is 0. The summed E-state index contributed by atoms with van der Waals surface area (Å²) in [5, 5.41) is 9.92. The molecule has 14 heavy (non-hydrogen) atoms. The van der Waals surface area contributed by atoms with Crippen molar-refractivity contribution in [1.82, 2.24) is 9.55 Å². The second-order valence-corrected chi connectivity index (χ2v) is 4.48. The smallest absolute Gasteiger partial charge is 0.132 e. The molecule has 1 aliphatic heterocycles. The van der Waals surface area contributed by atoms with Crippen molar-refractivity contribution in [3.8, 4) is 0 Å². The number of nitrogens with zero attached hydrogens (tertiary/aromatic N) is 2. The minimum absolute atomic E-state index is 0.308. The Kier molecular flexibility index (Phi) is 1.87. The molecule has 0 radical (unpaired) electrons. The van der Waals surface area contributed by atoms with Gasteiger partial charge >= 0.3 is 0 Å². The van der Waals surface area contributed by atoms with Crippen molar-refractivity contribution < 1.29 is 5.11 Å². The monoisotopic (exact) mass is 192 g/mol. The average molecular weight is 192 g/mol. The quantitative estimate of drug-likeness (QED) is 0.738. The van der Waals surface area contributed by atoms with Crippen LogP contribution in [0, 0.1) is 0 Å². The van der Waals surface area contributed by atoms with Crippen LogP contribution in [0.1, 0.15) is 55.8 Å². The number of aliphatic hydroxyl groups excluding tert-OH is 1. The summed E-state index contributed by atoms with van der Waals surface area (Å²) in [5.74, 6) is 1.76. The lowest BCUT2D eigenvalue weighted by Gasteiger charge is -2.29. The van der Waals surface area contributed by atoms with E-state index in [0.29, 0.717) is 5.92 Å². The van der Waals surface area contributed by atoms with Gasteiger partial charge in [-0.05, 0) is 32.1 Å². The lowest BCUT2D eigenvalue weighted by Crippen LogP contribution is -2.23. The van der Waals surface area contributed by atoms with Crippen molar-refractivity contribution in [1.29, 1.82) is 0 Å². The van der Waals surface area contributed by atoms with Gasteiger partial charge in [0.2, 0.25) is 0 Å². The summed E-state index contributed by atoms with van der Waals surface area (Å²) in [5.41, 5.74) is 1.23. The maximum absolute atomic E-state index is 9.92. The topological polar surface area (TPSA) is 38.1 Å². The molecule has 1 N–H and O–H groups in total. The number of fused-ring (bicyclic) bond motifs is 1. The minimum Gasteiger partial charge on any atom is -0.373 e. The molecule has 2 aliphatic rings. The highest BCUT2D eigenvalue weighted by atomic mass is 16.3. The van der Waals surface area contributed by atoms with Crippen molar-refractivity contribution in [2.75, 3.05) is 0 Å². The van der Waals surface area contributed by atoms with Crippen molar-refractivity contribution in [2.45, 2.75) is 50.7 Å². The van der Waals surface area contributed by atoms with E-state index in [4.69, 9.17) is 0 Å². The van der Waals surface area contributed by atoms with Crippen molar-refractivity contribution in [3.05, 3.63) is 17.7 Å². The average Bonchev–Trinajstić information content (AvgIpc) is 2.47. The van der Waals surface area contributed by atoms with Gasteiger partial charge in [-0.1, -0.05) is 6.42 Å². The number of aryl methyl sites for hydroxylation is 1. The van der Waals surface area contributed by atoms with Crippen LogP contribution in [-0.2, 0) is 6.42 Å². The normalized spacial score (nSPS) is 27.1. The van der Waals surface area contributed by atoms with Crippen molar-refractivity contribution >= 4 is 0 Å². The van der Waals surface area contributed by atoms with Gasteiger partial charge in [-0.25, -0.2) is 4.98 Å². The van der Waals surface area contributed by atoms with Crippen LogP contribution in [0.15, 0.2) is 6.20 Å². The Hall–Kier alpha value is -0.830. The number of aliphatic hydroxyl groups is 1. The molecular weight excluding hydrogens is 176 g/mol. The zero-order valence-corrected chi connectivity index (χ0v) is 8.32. The van der Waals surface area contributed by atoms with Crippen LogP contribution in [0.2, 0.25) is 0 Å². The molecule has 3 nitrogen and oxygen atoms in total. The van der Waals surface area contributed by atoms with Gasteiger partial charge in [-0.2, -0.15) is 0 Å². The Morgan fingerprint density at radius 1 is 1.29 bits per heavy atom. The second kappa shape index (κ2) is 3.09. The summed E-state index contributed by atoms with van der Waals surface area (Å²) in [7, 11) is 0. The summed E-state index contributed by atoms with van der Waals surface area (Å²) in [6, 6.07) is 0. The molecule has 1 fully saturated rings. The summed E-state index contributed by atoms with van der Waals surface area (Å²) < 4.78 is 2.08. The molecule has 1 unspecified atom stereocenters. The third kappa shape index (κ3) is 1.12. The first-order valence-electron chi connectivity index (χ1n) is 5.60. The van der Waals surface area contributed by atoms with Gasteiger partial charge in [-0.15, -0.1) is 0 Å². The van der Waals surface area contributed by atoms with Gasteiger partial charge < -0.3 is 9.67 Å². The molecule has 76 valence electrons. The molecule has 1 atom stereocenters. The SMILES string of the molecule is OC1CCCc2cnc(C3CCC3)n21. The van der Waals surface area contributed by atoms with Gasteiger partial charge in [0.25, 0.3) is 0 Å². The Balaban J connectivity index is 2.00. The fourth-order valence-corrected chi connectivity index (χ4v) is 2.50. The van der Waals surface area contributed by atoms with Gasteiger partial charge in [0.1, 0.15) is 12.1 Å². The first kappa shape index (κ1) is 8.48. The molecule has 1 saturated carbocycles. The largest absolute Gasteiger partial charge is 0.373 e. The van der Waals surface area contributed by atoms with Gasteiger partial charge in [0, 0.05) is 17.8 Å². The Bertz CT molecular complexity index is 341. The van der Waals surface area contributed by atoms with Crippen molar-refractivity contribution in [3.63, 3.8) is 0 Å². The molecule has 2 heterocycles. The summed E-state index contributed by atoms with van der Waals surface area (Å²) >= 11 is 0. The maximum atomic E-state index is 9.92. The second-order valence-electron chi connectivity index (χ2n) is 4.48. The van der Waals surface area contributed by atoms with Crippen LogP contribution in [0.3, 0.4) is 0 Å². The molecular formula is C11H16N2O. The van der Waals surface area contributed by atoms with E-state index in [-0.39, 0.29) is 6.23 Å². The molecule has 0 amide bonds. The molecule has 3 rings (SSSR count). The number of aromatic nitrogens is 2. The molecule has 0 bridgehead atoms. The Labute approximate surface area is 83.8 Å². The highest BCUT2D eigenvalue weighted by Gasteiger charge is 2.29. The number of imidazole rings is 1. The van der Waals surface area contributed by atoms with Crippen LogP contribution in [0.25, 0.3) is 0 Å². The number of rotatable bonds is 1. The lowest BCUT2D eigenvalue weighted by molar-refractivity contribution is 0.0727. The van der Waals surface area contributed by atoms with Gasteiger partial charge in [-0.3, -0.25) is 0 Å². The molecule has 0 spiro atoms. The molecule has 0 aromatic carbocycles. The fourth-order valence-electron chi connectivity index (χ4n) is 2.50. The Morgan fingerprint density at radius 2 is 2.14 bits per heavy atom. The van der Waals surface area contributed by atoms with Gasteiger partial charge in [0.05, 0.1) is 0 Å². The van der Waals surface area contributed by atoms with E-state index in [1.165, 1.54) is 25.0 Å². The maximum Gasteiger partial charge on any atom is 0.132 e. The van der Waals surface area contributed by atoms with E-state index >= 15 is 0 Å². The summed E-state index contributed by atoms with van der Waals surface area (Å²) in [6.07, 6.45) is 8.54. The van der Waals surface area contributed by atoms with Crippen LogP contribution < -0.4 is 0 Å². The van der Waals surface area contributed by atoms with Crippen molar-refractivity contribution in [2.24, 2.45) is 0 Å². The molecule has 0 saturated heterocycles. The van der Waals surface area contributed by atoms with E-state index in [9.17, 15) is 5.11 Å². The third-order valence-electron chi connectivity index (χ3n) is 3.57.